The monoisotopic (exact) mass is 417 g/mol. The highest BCUT2D eigenvalue weighted by Crippen LogP contribution is 2.35. The van der Waals surface area contributed by atoms with Crippen LogP contribution in [0.5, 0.6) is 0 Å². The van der Waals surface area contributed by atoms with Crippen LogP contribution in [0.2, 0.25) is 0 Å². The van der Waals surface area contributed by atoms with Crippen molar-refractivity contribution in [2.24, 2.45) is 5.92 Å². The van der Waals surface area contributed by atoms with Gasteiger partial charge < -0.3 is 15.0 Å². The molecule has 1 unspecified atom stereocenters. The van der Waals surface area contributed by atoms with Gasteiger partial charge in [-0.1, -0.05) is 18.2 Å². The summed E-state index contributed by atoms with van der Waals surface area (Å²) in [6.45, 7) is 4.32. The smallest absolute Gasteiger partial charge is 0.168 e. The normalized spacial score (nSPS) is 18.6. The fraction of sp³-hybridized carbons (Fsp3) is 0.375. The van der Waals surface area contributed by atoms with Gasteiger partial charge in [0.2, 0.25) is 0 Å². The second-order valence-electron chi connectivity index (χ2n) is 8.66. The number of para-hydroxylation sites is 1. The highest BCUT2D eigenvalue weighted by molar-refractivity contribution is 6.02. The first-order chi connectivity index (χ1) is 15.0. The number of hydrogen-bond acceptors (Lipinski definition) is 5. The van der Waals surface area contributed by atoms with Crippen LogP contribution in [0, 0.1) is 5.92 Å². The van der Waals surface area contributed by atoms with Crippen molar-refractivity contribution in [2.75, 3.05) is 12.4 Å². The van der Waals surface area contributed by atoms with E-state index in [0.717, 1.165) is 40.8 Å². The number of rotatable bonds is 6. The maximum Gasteiger partial charge on any atom is 0.168 e. The van der Waals surface area contributed by atoms with Gasteiger partial charge in [0.25, 0.3) is 0 Å². The van der Waals surface area contributed by atoms with E-state index in [-0.39, 0.29) is 17.8 Å². The number of carbonyl (C=O) groups is 1. The van der Waals surface area contributed by atoms with Gasteiger partial charge in [-0.2, -0.15) is 9.61 Å². The maximum atomic E-state index is 13.0. The van der Waals surface area contributed by atoms with Gasteiger partial charge >= 0.3 is 0 Å². The summed E-state index contributed by atoms with van der Waals surface area (Å²) in [4.78, 5) is 17.9. The number of aromatic nitrogens is 4. The summed E-state index contributed by atoms with van der Waals surface area (Å²) in [7, 11) is 1.84. The number of nitrogens with zero attached hydrogens (tertiary/aromatic N) is 4. The summed E-state index contributed by atoms with van der Waals surface area (Å²) >= 11 is 0. The first-order valence-corrected chi connectivity index (χ1v) is 10.9. The van der Waals surface area contributed by atoms with Crippen LogP contribution in [0.1, 0.15) is 49.5 Å². The number of Topliss-reactive ketones (excluding diaryl/α,β-unsaturated/α-hetero) is 1. The van der Waals surface area contributed by atoms with Crippen LogP contribution < -0.4 is 5.32 Å². The Balaban J connectivity index is 1.65. The van der Waals surface area contributed by atoms with E-state index in [1.54, 1.807) is 10.7 Å². The van der Waals surface area contributed by atoms with E-state index in [1.165, 1.54) is 0 Å². The molecule has 0 aliphatic heterocycles. The van der Waals surface area contributed by atoms with E-state index in [0.29, 0.717) is 23.7 Å². The second kappa shape index (κ2) is 7.50. The molecule has 0 saturated heterocycles. The summed E-state index contributed by atoms with van der Waals surface area (Å²) < 4.78 is 3.92. The third-order valence-corrected chi connectivity index (χ3v) is 6.43. The molecule has 3 aromatic heterocycles. The molecule has 1 aliphatic carbocycles. The van der Waals surface area contributed by atoms with Gasteiger partial charge in [-0.25, -0.2) is 4.98 Å². The zero-order chi connectivity index (χ0) is 21.7. The van der Waals surface area contributed by atoms with E-state index in [1.807, 2.05) is 25.2 Å². The lowest BCUT2D eigenvalue weighted by Gasteiger charge is -2.31. The molecule has 3 heterocycles. The van der Waals surface area contributed by atoms with Gasteiger partial charge in [0.15, 0.2) is 11.4 Å². The van der Waals surface area contributed by atoms with Gasteiger partial charge in [0, 0.05) is 48.2 Å². The molecule has 4 aromatic rings. The van der Waals surface area contributed by atoms with Crippen molar-refractivity contribution in [3.63, 3.8) is 0 Å². The molecule has 160 valence electrons. The Morgan fingerprint density at radius 3 is 2.77 bits per heavy atom. The summed E-state index contributed by atoms with van der Waals surface area (Å²) in [6.07, 6.45) is 5.36. The molecular weight excluding hydrogens is 390 g/mol. The topological polar surface area (TPSA) is 84.5 Å². The van der Waals surface area contributed by atoms with Crippen LogP contribution in [0.25, 0.3) is 27.8 Å². The number of anilines is 1. The average molecular weight is 418 g/mol. The zero-order valence-corrected chi connectivity index (χ0v) is 18.0. The lowest BCUT2D eigenvalue weighted by atomic mass is 9.78. The van der Waals surface area contributed by atoms with E-state index in [4.69, 9.17) is 4.98 Å². The van der Waals surface area contributed by atoms with Crippen LogP contribution in [0.15, 0.2) is 42.7 Å². The third kappa shape index (κ3) is 3.20. The largest absolute Gasteiger partial charge is 0.393 e. The van der Waals surface area contributed by atoms with Gasteiger partial charge in [-0.15, -0.1) is 0 Å². The molecule has 1 aromatic carbocycles. The highest BCUT2D eigenvalue weighted by Gasteiger charge is 2.32. The molecule has 0 radical (unpaired) electrons. The van der Waals surface area contributed by atoms with Crippen LogP contribution in [0.3, 0.4) is 0 Å². The molecule has 2 N–H and O–H groups in total. The fourth-order valence-electron chi connectivity index (χ4n) is 4.45. The quantitative estimate of drug-likeness (QED) is 0.457. The van der Waals surface area contributed by atoms with Crippen LogP contribution in [-0.2, 0) is 0 Å². The van der Waals surface area contributed by atoms with Gasteiger partial charge in [-0.05, 0) is 38.7 Å². The van der Waals surface area contributed by atoms with Crippen molar-refractivity contribution in [2.45, 2.75) is 45.3 Å². The minimum Gasteiger partial charge on any atom is -0.393 e. The van der Waals surface area contributed by atoms with Crippen molar-refractivity contribution >= 4 is 28.2 Å². The molecule has 0 spiro atoms. The van der Waals surface area contributed by atoms with Gasteiger partial charge in [-0.3, -0.25) is 4.79 Å². The minimum atomic E-state index is -0.371. The zero-order valence-electron chi connectivity index (χ0n) is 18.0. The Hall–Kier alpha value is -3.19. The van der Waals surface area contributed by atoms with Crippen LogP contribution >= 0.6 is 0 Å². The Bertz CT molecular complexity index is 1290. The van der Waals surface area contributed by atoms with E-state index >= 15 is 0 Å². The fourth-order valence-corrected chi connectivity index (χ4v) is 4.45. The molecule has 0 amide bonds. The van der Waals surface area contributed by atoms with Crippen molar-refractivity contribution in [3.8, 4) is 11.3 Å². The SMILES string of the molecule is CNc1cc(-c2cn(C(C)C)c3ccccc23)nc2c(C(=O)CC3CC[C@H]3O)cnn12. The molecule has 31 heavy (non-hydrogen) atoms. The predicted octanol–water partition coefficient (Wildman–Crippen LogP) is 4.32. The molecule has 1 aliphatic rings. The maximum absolute atomic E-state index is 13.0. The lowest BCUT2D eigenvalue weighted by Crippen LogP contribution is -2.32. The van der Waals surface area contributed by atoms with Crippen LogP contribution in [-0.4, -0.2) is 43.2 Å². The predicted molar refractivity (Wildman–Crippen MR) is 122 cm³/mol. The van der Waals surface area contributed by atoms with E-state index in [9.17, 15) is 9.90 Å². The number of carbonyl (C=O) groups excluding carboxylic acids is 1. The Morgan fingerprint density at radius 1 is 1.29 bits per heavy atom. The van der Waals surface area contributed by atoms with Crippen LogP contribution in [0.4, 0.5) is 5.82 Å². The number of fused-ring (bicyclic) bond motifs is 2. The molecule has 1 saturated carbocycles. The number of nitrogens with one attached hydrogen (secondary N) is 1. The summed E-state index contributed by atoms with van der Waals surface area (Å²) in [5.74, 6) is 0.789. The summed E-state index contributed by atoms with van der Waals surface area (Å²) in [5.41, 5.74) is 4.03. The Labute approximate surface area is 180 Å². The number of aliphatic hydroxyl groups excluding tert-OH is 1. The molecule has 2 atom stereocenters. The molecular formula is C24H27N5O2. The second-order valence-corrected chi connectivity index (χ2v) is 8.66. The molecule has 7 heteroatoms. The Kier molecular flexibility index (Phi) is 4.78. The van der Waals surface area contributed by atoms with Crippen molar-refractivity contribution in [1.29, 1.82) is 0 Å². The van der Waals surface area contributed by atoms with Crippen molar-refractivity contribution < 1.29 is 9.90 Å². The van der Waals surface area contributed by atoms with Crippen molar-refractivity contribution in [3.05, 3.63) is 48.3 Å². The number of aliphatic hydroxyl groups is 1. The molecule has 5 rings (SSSR count). The summed E-state index contributed by atoms with van der Waals surface area (Å²) in [6, 6.07) is 10.6. The highest BCUT2D eigenvalue weighted by atomic mass is 16.3. The van der Waals surface area contributed by atoms with Gasteiger partial charge in [0.1, 0.15) is 5.82 Å². The molecule has 7 nitrogen and oxygen atoms in total. The first-order valence-electron chi connectivity index (χ1n) is 10.9. The first kappa shape index (κ1) is 19.8. The minimum absolute atomic E-state index is 0.0185. The average Bonchev–Trinajstić information content (AvgIpc) is 3.37. The number of benzene rings is 1. The van der Waals surface area contributed by atoms with Crippen molar-refractivity contribution in [1.82, 2.24) is 19.2 Å². The number of hydrogen-bond donors (Lipinski definition) is 2. The third-order valence-electron chi connectivity index (χ3n) is 6.43. The standard InChI is InChI=1S/C24H27N5O2/c1-14(2)28-13-18(16-6-4-5-7-20(16)28)19-11-23(25-3)29-24(27-19)17(12-26-29)22(31)10-15-8-9-21(15)30/h4-7,11-15,21,25,30H,8-10H2,1-3H3/t15?,21-/m1/s1. The van der Waals surface area contributed by atoms with E-state index in [2.05, 4.69) is 47.2 Å². The van der Waals surface area contributed by atoms with E-state index < -0.39 is 0 Å². The Morgan fingerprint density at radius 2 is 2.10 bits per heavy atom. The van der Waals surface area contributed by atoms with Gasteiger partial charge in [0.05, 0.1) is 23.6 Å². The molecule has 0 bridgehead atoms. The summed E-state index contributed by atoms with van der Waals surface area (Å²) in [5, 5.41) is 18.6. The molecule has 1 fully saturated rings. The number of ketones is 1. The lowest BCUT2D eigenvalue weighted by molar-refractivity contribution is 0.0199.